The van der Waals surface area contributed by atoms with E-state index in [9.17, 15) is 9.59 Å². The first-order chi connectivity index (χ1) is 14.9. The standard InChI is InChI=1S/C24H26N2O4S.HI/c1-3-26-20-6-4-5-7-21(20)31-22(26)11-9-18-8-10-19(16-17(18)2)25(14-12-23(27)28)15-13-24(29)30;/h4-11,16H,3,12-15H2,1-2H3,(H-,27,28,29,30);1H. The third-order valence-electron chi connectivity index (χ3n) is 5.17. The monoisotopic (exact) mass is 566 g/mol. The number of carboxylic acid groups (broad SMARTS) is 2. The normalized spacial score (nSPS) is 10.9. The van der Waals surface area contributed by atoms with Crippen molar-refractivity contribution in [3.63, 3.8) is 0 Å². The SMILES string of the molecule is CC[n+]1c(/C=C/c2ccc(N(CCC(=O)O)CCC(=O)O)cc2C)sc2ccccc21.[I-]. The molecule has 0 atom stereocenters. The molecule has 0 aliphatic heterocycles. The lowest BCUT2D eigenvalue weighted by atomic mass is 10.1. The Bertz CT molecular complexity index is 1110. The summed E-state index contributed by atoms with van der Waals surface area (Å²) >= 11 is 1.76. The van der Waals surface area contributed by atoms with Crippen molar-refractivity contribution in [1.29, 1.82) is 0 Å². The van der Waals surface area contributed by atoms with Gasteiger partial charge in [0.25, 0.3) is 5.01 Å². The molecule has 170 valence electrons. The summed E-state index contributed by atoms with van der Waals surface area (Å²) in [4.78, 5) is 23.8. The number of aryl methyl sites for hydroxylation is 2. The van der Waals surface area contributed by atoms with Crippen LogP contribution in [0.15, 0.2) is 42.5 Å². The fourth-order valence-electron chi connectivity index (χ4n) is 3.54. The van der Waals surface area contributed by atoms with Crippen LogP contribution in [0.3, 0.4) is 0 Å². The molecule has 0 unspecified atom stereocenters. The predicted molar refractivity (Wildman–Crippen MR) is 125 cm³/mol. The van der Waals surface area contributed by atoms with Gasteiger partial charge in [-0.1, -0.05) is 29.5 Å². The third kappa shape index (κ3) is 6.52. The third-order valence-corrected chi connectivity index (χ3v) is 6.30. The number of aliphatic carboxylic acids is 2. The van der Waals surface area contributed by atoms with Gasteiger partial charge in [-0.15, -0.1) is 0 Å². The van der Waals surface area contributed by atoms with Crippen molar-refractivity contribution in [3.05, 3.63) is 58.6 Å². The molecule has 0 bridgehead atoms. The molecule has 0 saturated heterocycles. The Hall–Kier alpha value is -2.46. The van der Waals surface area contributed by atoms with Gasteiger partial charge in [-0.2, -0.15) is 4.57 Å². The zero-order chi connectivity index (χ0) is 22.4. The summed E-state index contributed by atoms with van der Waals surface area (Å²) < 4.78 is 3.54. The van der Waals surface area contributed by atoms with Crippen LogP contribution in [0.25, 0.3) is 22.4 Å². The maximum atomic E-state index is 11.0. The number of halogens is 1. The molecule has 0 saturated carbocycles. The summed E-state index contributed by atoms with van der Waals surface area (Å²) in [6.45, 7) is 5.59. The molecule has 2 aromatic carbocycles. The zero-order valence-electron chi connectivity index (χ0n) is 18.1. The van der Waals surface area contributed by atoms with E-state index in [1.54, 1.807) is 11.3 Å². The maximum Gasteiger partial charge on any atom is 0.305 e. The Morgan fingerprint density at radius 1 is 1.03 bits per heavy atom. The van der Waals surface area contributed by atoms with E-state index in [1.165, 1.54) is 15.2 Å². The van der Waals surface area contributed by atoms with Gasteiger partial charge >= 0.3 is 11.9 Å². The van der Waals surface area contributed by atoms with E-state index in [0.717, 1.165) is 23.4 Å². The fourth-order valence-corrected chi connectivity index (χ4v) is 4.67. The minimum absolute atomic E-state index is 0. The summed E-state index contributed by atoms with van der Waals surface area (Å²) in [6, 6.07) is 14.3. The van der Waals surface area contributed by atoms with E-state index in [4.69, 9.17) is 10.2 Å². The molecule has 1 aromatic heterocycles. The summed E-state index contributed by atoms with van der Waals surface area (Å²) in [5.74, 6) is -1.80. The van der Waals surface area contributed by atoms with Crippen molar-refractivity contribution in [2.75, 3.05) is 18.0 Å². The molecule has 0 aliphatic carbocycles. The number of carboxylic acids is 2. The average molecular weight is 566 g/mol. The van der Waals surface area contributed by atoms with Gasteiger partial charge in [0.1, 0.15) is 11.2 Å². The lowest BCUT2D eigenvalue weighted by molar-refractivity contribution is -0.665. The molecule has 1 heterocycles. The largest absolute Gasteiger partial charge is 1.00 e. The molecular formula is C24H27IN2O4S. The summed E-state index contributed by atoms with van der Waals surface area (Å²) in [5.41, 5.74) is 4.19. The highest BCUT2D eigenvalue weighted by Gasteiger charge is 2.16. The average Bonchev–Trinajstić information content (AvgIpc) is 3.10. The molecule has 2 N–H and O–H groups in total. The quantitative estimate of drug-likeness (QED) is 0.287. The molecule has 0 radical (unpaired) electrons. The number of rotatable bonds is 10. The summed E-state index contributed by atoms with van der Waals surface area (Å²) in [7, 11) is 0. The van der Waals surface area contributed by atoms with E-state index in [1.807, 2.05) is 30.0 Å². The Balaban J connectivity index is 0.00000363. The van der Waals surface area contributed by atoms with Crippen molar-refractivity contribution >= 4 is 51.3 Å². The number of fused-ring (bicyclic) bond motifs is 1. The second-order valence-electron chi connectivity index (χ2n) is 7.30. The van der Waals surface area contributed by atoms with Gasteiger partial charge in [0, 0.05) is 30.9 Å². The second kappa shape index (κ2) is 12.0. The first-order valence-corrected chi connectivity index (χ1v) is 11.1. The van der Waals surface area contributed by atoms with E-state index < -0.39 is 11.9 Å². The van der Waals surface area contributed by atoms with Crippen molar-refractivity contribution in [2.24, 2.45) is 0 Å². The minimum atomic E-state index is -0.899. The highest BCUT2D eigenvalue weighted by atomic mass is 127. The fraction of sp³-hybridized carbons (Fsp3) is 0.292. The molecule has 0 aliphatic rings. The second-order valence-corrected chi connectivity index (χ2v) is 8.36. The summed E-state index contributed by atoms with van der Waals surface area (Å²) in [6.07, 6.45) is 4.14. The molecule has 0 fully saturated rings. The Labute approximate surface area is 208 Å². The predicted octanol–water partition coefficient (Wildman–Crippen LogP) is 1.45. The van der Waals surface area contributed by atoms with Crippen LogP contribution in [-0.4, -0.2) is 35.2 Å². The van der Waals surface area contributed by atoms with E-state index in [2.05, 4.69) is 47.9 Å². The van der Waals surface area contributed by atoms with Crippen LogP contribution in [0.5, 0.6) is 0 Å². The first kappa shape index (κ1) is 25.8. The molecule has 8 heteroatoms. The summed E-state index contributed by atoms with van der Waals surface area (Å²) in [5, 5.41) is 19.2. The molecule has 0 amide bonds. The molecule has 32 heavy (non-hydrogen) atoms. The van der Waals surface area contributed by atoms with E-state index in [0.29, 0.717) is 0 Å². The van der Waals surface area contributed by atoms with Crippen LogP contribution in [0.4, 0.5) is 5.69 Å². The van der Waals surface area contributed by atoms with Crippen LogP contribution in [0.2, 0.25) is 0 Å². The molecule has 3 rings (SSSR count). The maximum absolute atomic E-state index is 11.0. The number of hydrogen-bond acceptors (Lipinski definition) is 4. The number of benzene rings is 2. The topological polar surface area (TPSA) is 81.7 Å². The number of hydrogen-bond donors (Lipinski definition) is 2. The number of aromatic nitrogens is 1. The number of carbonyl (C=O) groups is 2. The Morgan fingerprint density at radius 2 is 1.69 bits per heavy atom. The van der Waals surface area contributed by atoms with Crippen molar-refractivity contribution in [1.82, 2.24) is 0 Å². The van der Waals surface area contributed by atoms with Crippen LogP contribution in [-0.2, 0) is 16.1 Å². The smallest absolute Gasteiger partial charge is 0.305 e. The van der Waals surface area contributed by atoms with Crippen LogP contribution >= 0.6 is 11.3 Å². The van der Waals surface area contributed by atoms with Crippen LogP contribution < -0.4 is 33.4 Å². The molecular weight excluding hydrogens is 539 g/mol. The van der Waals surface area contributed by atoms with Gasteiger partial charge < -0.3 is 39.1 Å². The van der Waals surface area contributed by atoms with E-state index >= 15 is 0 Å². The lowest BCUT2D eigenvalue weighted by Crippen LogP contribution is -3.00. The highest BCUT2D eigenvalue weighted by Crippen LogP contribution is 2.24. The van der Waals surface area contributed by atoms with Gasteiger partial charge in [0.15, 0.2) is 0 Å². The molecule has 6 nitrogen and oxygen atoms in total. The van der Waals surface area contributed by atoms with Crippen molar-refractivity contribution in [2.45, 2.75) is 33.2 Å². The number of para-hydroxylation sites is 1. The van der Waals surface area contributed by atoms with Gasteiger partial charge in [0.05, 0.1) is 12.8 Å². The highest BCUT2D eigenvalue weighted by molar-refractivity contribution is 7.18. The minimum Gasteiger partial charge on any atom is -1.00 e. The van der Waals surface area contributed by atoms with Crippen molar-refractivity contribution in [3.8, 4) is 0 Å². The van der Waals surface area contributed by atoms with Crippen LogP contribution in [0.1, 0.15) is 35.9 Å². The molecule has 0 spiro atoms. The first-order valence-electron chi connectivity index (χ1n) is 10.3. The van der Waals surface area contributed by atoms with E-state index in [-0.39, 0.29) is 49.9 Å². The number of nitrogens with zero attached hydrogens (tertiary/aromatic N) is 2. The van der Waals surface area contributed by atoms with Gasteiger partial charge in [0.2, 0.25) is 5.52 Å². The molecule has 3 aromatic rings. The van der Waals surface area contributed by atoms with Gasteiger partial charge in [-0.25, -0.2) is 0 Å². The van der Waals surface area contributed by atoms with Crippen molar-refractivity contribution < 1.29 is 48.3 Å². The zero-order valence-corrected chi connectivity index (χ0v) is 21.1. The van der Waals surface area contributed by atoms with Crippen LogP contribution in [0, 0.1) is 6.92 Å². The number of thiazole rings is 1. The Morgan fingerprint density at radius 3 is 2.28 bits per heavy atom. The Kier molecular flexibility index (Phi) is 9.64. The van der Waals surface area contributed by atoms with Gasteiger partial charge in [-0.3, -0.25) is 9.59 Å². The lowest BCUT2D eigenvalue weighted by Gasteiger charge is -2.24. The number of anilines is 1. The van der Waals surface area contributed by atoms with Gasteiger partial charge in [-0.05, 0) is 49.2 Å².